The molecule has 7 heteroatoms. The van der Waals surface area contributed by atoms with Gasteiger partial charge in [-0.05, 0) is 43.2 Å². The summed E-state index contributed by atoms with van der Waals surface area (Å²) in [6.07, 6.45) is 0. The maximum Gasteiger partial charge on any atom is 0.319 e. The fraction of sp³-hybridized carbons (Fsp3) is 0.238. The molecule has 1 atom stereocenters. The zero-order valence-electron chi connectivity index (χ0n) is 16.3. The van der Waals surface area contributed by atoms with Crippen LogP contribution in [0.2, 0.25) is 0 Å². The first-order valence-corrected chi connectivity index (χ1v) is 8.81. The van der Waals surface area contributed by atoms with Gasteiger partial charge in [-0.3, -0.25) is 4.79 Å². The zero-order chi connectivity index (χ0) is 20.3. The van der Waals surface area contributed by atoms with Gasteiger partial charge in [-0.2, -0.15) is 0 Å². The van der Waals surface area contributed by atoms with Gasteiger partial charge in [0.25, 0.3) is 5.91 Å². The van der Waals surface area contributed by atoms with E-state index in [2.05, 4.69) is 16.0 Å². The number of allylic oxidation sites excluding steroid dienone is 1. The number of amides is 3. The summed E-state index contributed by atoms with van der Waals surface area (Å²) in [5.74, 6) is 0.793. The average Bonchev–Trinajstić information content (AvgIpc) is 2.68. The van der Waals surface area contributed by atoms with Crippen LogP contribution in [0.1, 0.15) is 24.1 Å². The Morgan fingerprint density at radius 2 is 1.75 bits per heavy atom. The lowest BCUT2D eigenvalue weighted by atomic mass is 9.94. The number of ether oxygens (including phenoxy) is 2. The Morgan fingerprint density at radius 3 is 2.43 bits per heavy atom. The molecule has 28 heavy (non-hydrogen) atoms. The summed E-state index contributed by atoms with van der Waals surface area (Å²) in [6.45, 7) is 3.63. The van der Waals surface area contributed by atoms with E-state index in [1.807, 2.05) is 31.2 Å². The first-order valence-electron chi connectivity index (χ1n) is 8.81. The fourth-order valence-corrected chi connectivity index (χ4v) is 3.18. The first-order chi connectivity index (χ1) is 13.4. The highest BCUT2D eigenvalue weighted by atomic mass is 16.5. The largest absolute Gasteiger partial charge is 0.493 e. The van der Waals surface area contributed by atoms with E-state index in [4.69, 9.17) is 9.47 Å². The van der Waals surface area contributed by atoms with Crippen LogP contribution in [0.15, 0.2) is 53.7 Å². The molecule has 0 aromatic heterocycles. The number of nitrogens with one attached hydrogen (secondary N) is 3. The van der Waals surface area contributed by atoms with Crippen LogP contribution in [-0.2, 0) is 4.79 Å². The van der Waals surface area contributed by atoms with Gasteiger partial charge in [0.05, 0.1) is 25.8 Å². The van der Waals surface area contributed by atoms with Crippen LogP contribution in [0.3, 0.4) is 0 Å². The summed E-state index contributed by atoms with van der Waals surface area (Å²) in [6, 6.07) is 11.8. The molecule has 1 heterocycles. The summed E-state index contributed by atoms with van der Waals surface area (Å²) in [5.41, 5.74) is 3.30. The van der Waals surface area contributed by atoms with Crippen molar-refractivity contribution in [2.75, 3.05) is 19.5 Å². The van der Waals surface area contributed by atoms with Crippen LogP contribution in [0.5, 0.6) is 11.5 Å². The second-order valence-corrected chi connectivity index (χ2v) is 6.45. The third kappa shape index (κ3) is 3.78. The molecule has 2 aromatic carbocycles. The van der Waals surface area contributed by atoms with Gasteiger partial charge in [0.15, 0.2) is 11.5 Å². The Balaban J connectivity index is 1.99. The number of carbonyl (C=O) groups is 2. The number of hydrogen-bond donors (Lipinski definition) is 3. The maximum absolute atomic E-state index is 13.1. The van der Waals surface area contributed by atoms with Crippen molar-refractivity contribution in [1.82, 2.24) is 10.6 Å². The van der Waals surface area contributed by atoms with Crippen LogP contribution in [0.4, 0.5) is 10.5 Å². The van der Waals surface area contributed by atoms with Crippen LogP contribution in [0, 0.1) is 6.92 Å². The van der Waals surface area contributed by atoms with Gasteiger partial charge in [0.2, 0.25) is 0 Å². The van der Waals surface area contributed by atoms with Gasteiger partial charge >= 0.3 is 6.03 Å². The molecule has 3 amide bonds. The first kappa shape index (κ1) is 19.3. The van der Waals surface area contributed by atoms with Crippen molar-refractivity contribution in [2.45, 2.75) is 19.9 Å². The lowest BCUT2D eigenvalue weighted by Gasteiger charge is -2.29. The molecule has 0 radical (unpaired) electrons. The van der Waals surface area contributed by atoms with E-state index in [0.29, 0.717) is 28.3 Å². The van der Waals surface area contributed by atoms with Gasteiger partial charge in [-0.1, -0.05) is 24.3 Å². The van der Waals surface area contributed by atoms with E-state index in [1.165, 1.54) is 7.11 Å². The van der Waals surface area contributed by atoms with E-state index < -0.39 is 6.04 Å². The standard InChI is InChI=1S/C21H23N3O4/c1-12-7-5-6-8-15(12)23-20(25)18-13(2)22-21(26)24-19(18)14-9-10-16(27-3)17(11-14)28-4/h5-11,19H,1-4H3,(H,23,25)(H2,22,24,26)/t19-/m1/s1. The molecule has 0 bridgehead atoms. The minimum absolute atomic E-state index is 0.293. The number of hydrogen-bond acceptors (Lipinski definition) is 4. The highest BCUT2D eigenvalue weighted by molar-refractivity contribution is 6.07. The number of para-hydroxylation sites is 1. The van der Waals surface area contributed by atoms with Crippen LogP contribution < -0.4 is 25.4 Å². The van der Waals surface area contributed by atoms with Crippen LogP contribution >= 0.6 is 0 Å². The molecule has 0 spiro atoms. The Kier molecular flexibility index (Phi) is 5.54. The van der Waals surface area contributed by atoms with E-state index >= 15 is 0 Å². The van der Waals surface area contributed by atoms with Crippen molar-refractivity contribution >= 4 is 17.6 Å². The Labute approximate surface area is 163 Å². The van der Waals surface area contributed by atoms with Gasteiger partial charge < -0.3 is 25.4 Å². The molecule has 0 aliphatic carbocycles. The second kappa shape index (κ2) is 8.04. The second-order valence-electron chi connectivity index (χ2n) is 6.45. The van der Waals surface area contributed by atoms with Gasteiger partial charge in [0, 0.05) is 11.4 Å². The quantitative estimate of drug-likeness (QED) is 0.742. The SMILES string of the molecule is COc1ccc([C@H]2NC(=O)NC(C)=C2C(=O)Nc2ccccc2C)cc1OC. The van der Waals surface area contributed by atoms with E-state index in [9.17, 15) is 9.59 Å². The Bertz CT molecular complexity index is 952. The monoisotopic (exact) mass is 381 g/mol. The van der Waals surface area contributed by atoms with Crippen LogP contribution in [-0.4, -0.2) is 26.2 Å². The van der Waals surface area contributed by atoms with Crippen molar-refractivity contribution in [2.24, 2.45) is 0 Å². The Hall–Kier alpha value is -3.48. The molecule has 146 valence electrons. The molecule has 7 nitrogen and oxygen atoms in total. The maximum atomic E-state index is 13.1. The van der Waals surface area contributed by atoms with E-state index in [0.717, 1.165) is 11.3 Å². The molecule has 3 rings (SSSR count). The van der Waals surface area contributed by atoms with Gasteiger partial charge in [-0.25, -0.2) is 4.79 Å². The molecule has 0 saturated carbocycles. The lowest BCUT2D eigenvalue weighted by Crippen LogP contribution is -2.46. The summed E-state index contributed by atoms with van der Waals surface area (Å²) >= 11 is 0. The van der Waals surface area contributed by atoms with Crippen molar-refractivity contribution in [3.05, 3.63) is 64.9 Å². The minimum Gasteiger partial charge on any atom is -0.493 e. The van der Waals surface area contributed by atoms with E-state index in [1.54, 1.807) is 32.2 Å². The average molecular weight is 381 g/mol. The molecule has 1 aliphatic heterocycles. The molecule has 0 fully saturated rings. The summed E-state index contributed by atoms with van der Waals surface area (Å²) in [5, 5.41) is 8.42. The predicted octanol–water partition coefficient (Wildman–Crippen LogP) is 3.28. The lowest BCUT2D eigenvalue weighted by molar-refractivity contribution is -0.113. The normalized spacial score (nSPS) is 16.1. The number of rotatable bonds is 5. The van der Waals surface area contributed by atoms with Gasteiger partial charge in [0.1, 0.15) is 0 Å². The molecular formula is C21H23N3O4. The smallest absolute Gasteiger partial charge is 0.319 e. The Morgan fingerprint density at radius 1 is 1.04 bits per heavy atom. The summed E-state index contributed by atoms with van der Waals surface area (Å²) in [4.78, 5) is 25.2. The van der Waals surface area contributed by atoms with E-state index in [-0.39, 0.29) is 11.9 Å². The number of benzene rings is 2. The number of urea groups is 1. The molecule has 2 aromatic rings. The third-order valence-electron chi connectivity index (χ3n) is 4.65. The molecule has 3 N–H and O–H groups in total. The van der Waals surface area contributed by atoms with Crippen molar-refractivity contribution in [3.8, 4) is 11.5 Å². The number of anilines is 1. The van der Waals surface area contributed by atoms with Gasteiger partial charge in [-0.15, -0.1) is 0 Å². The third-order valence-corrected chi connectivity index (χ3v) is 4.65. The minimum atomic E-state index is -0.627. The fourth-order valence-electron chi connectivity index (χ4n) is 3.18. The topological polar surface area (TPSA) is 88.7 Å². The summed E-state index contributed by atoms with van der Waals surface area (Å²) < 4.78 is 10.6. The number of aryl methyl sites for hydroxylation is 1. The number of methoxy groups -OCH3 is 2. The molecule has 0 unspecified atom stereocenters. The van der Waals surface area contributed by atoms with Crippen molar-refractivity contribution < 1.29 is 19.1 Å². The number of carbonyl (C=O) groups excluding carboxylic acids is 2. The zero-order valence-corrected chi connectivity index (χ0v) is 16.3. The predicted molar refractivity (Wildman–Crippen MR) is 106 cm³/mol. The van der Waals surface area contributed by atoms with Crippen molar-refractivity contribution in [3.63, 3.8) is 0 Å². The van der Waals surface area contributed by atoms with Crippen molar-refractivity contribution in [1.29, 1.82) is 0 Å². The molecule has 1 aliphatic rings. The summed E-state index contributed by atoms with van der Waals surface area (Å²) in [7, 11) is 3.09. The van der Waals surface area contributed by atoms with Crippen LogP contribution in [0.25, 0.3) is 0 Å². The molecule has 0 saturated heterocycles. The highest BCUT2D eigenvalue weighted by Gasteiger charge is 2.32. The highest BCUT2D eigenvalue weighted by Crippen LogP contribution is 2.34. The molecular weight excluding hydrogens is 358 g/mol.